The van der Waals surface area contributed by atoms with Crippen LogP contribution in [0.4, 0.5) is 0 Å². The Kier molecular flexibility index (Phi) is 4.99. The van der Waals surface area contributed by atoms with Crippen LogP contribution in [0.2, 0.25) is 0 Å². The molecule has 1 aromatic heterocycles. The molecule has 4 nitrogen and oxygen atoms in total. The second-order valence-electron chi connectivity index (χ2n) is 8.91. The van der Waals surface area contributed by atoms with Crippen molar-refractivity contribution < 1.29 is 5.11 Å². The zero-order valence-electron chi connectivity index (χ0n) is 16.3. The van der Waals surface area contributed by atoms with Crippen molar-refractivity contribution in [1.82, 2.24) is 14.7 Å². The van der Waals surface area contributed by atoms with Crippen molar-refractivity contribution in [3.8, 4) is 0 Å². The van der Waals surface area contributed by atoms with E-state index in [4.69, 9.17) is 0 Å². The van der Waals surface area contributed by atoms with Gasteiger partial charge >= 0.3 is 0 Å². The molecule has 1 aromatic carbocycles. The molecular formula is C22H31N3OS. The number of aliphatic hydroxyl groups excluding tert-OH is 1. The van der Waals surface area contributed by atoms with Gasteiger partial charge in [0, 0.05) is 61.4 Å². The van der Waals surface area contributed by atoms with Gasteiger partial charge in [-0.2, -0.15) is 0 Å². The third kappa shape index (κ3) is 3.68. The molecule has 3 heterocycles. The minimum atomic E-state index is -0.140. The molecule has 0 spiro atoms. The number of benzene rings is 1. The Hall–Kier alpha value is -0.980. The summed E-state index contributed by atoms with van der Waals surface area (Å²) in [4.78, 5) is 9.08. The van der Waals surface area contributed by atoms with Crippen LogP contribution in [0.3, 0.4) is 0 Å². The molecule has 1 saturated carbocycles. The van der Waals surface area contributed by atoms with Crippen LogP contribution in [0.15, 0.2) is 30.3 Å². The van der Waals surface area contributed by atoms with E-state index in [1.165, 1.54) is 27.9 Å². The van der Waals surface area contributed by atoms with Crippen molar-refractivity contribution in [2.24, 2.45) is 11.8 Å². The van der Waals surface area contributed by atoms with Gasteiger partial charge in [-0.05, 0) is 49.2 Å². The zero-order chi connectivity index (χ0) is 18.4. The fourth-order valence-electron chi connectivity index (χ4n) is 5.51. The molecule has 1 N–H and O–H groups in total. The van der Waals surface area contributed by atoms with Crippen LogP contribution in [-0.2, 0) is 6.54 Å². The number of likely N-dealkylation sites (N-methyl/N-ethyl adjacent to an activating group) is 1. The predicted octanol–water partition coefficient (Wildman–Crippen LogP) is 2.72. The standard InChI is InChI=1S/C22H31N3OS/c1-23-6-8-25(9-7-23)20-11-17-13-24(14-18(17)12-21(20)26)15-19-10-16-4-2-3-5-22(16)27-19/h2-5,10,17-18,20-21,26H,6-9,11-15H2,1H3/t17-,18+,20-,21-/m1/s1. The Labute approximate surface area is 166 Å². The van der Waals surface area contributed by atoms with E-state index in [2.05, 4.69) is 52.1 Å². The molecule has 2 saturated heterocycles. The van der Waals surface area contributed by atoms with Gasteiger partial charge < -0.3 is 10.0 Å². The maximum Gasteiger partial charge on any atom is 0.0698 e. The molecule has 0 amide bonds. The summed E-state index contributed by atoms with van der Waals surface area (Å²) < 4.78 is 1.40. The number of fused-ring (bicyclic) bond motifs is 2. The summed E-state index contributed by atoms with van der Waals surface area (Å²) in [6.45, 7) is 7.93. The van der Waals surface area contributed by atoms with E-state index in [1.807, 2.05) is 11.3 Å². The van der Waals surface area contributed by atoms with E-state index in [0.29, 0.717) is 12.0 Å². The van der Waals surface area contributed by atoms with Gasteiger partial charge in [-0.1, -0.05) is 18.2 Å². The Bertz CT molecular complexity index is 752. The molecule has 0 radical (unpaired) electrons. The average molecular weight is 386 g/mol. The van der Waals surface area contributed by atoms with Crippen molar-refractivity contribution in [1.29, 1.82) is 0 Å². The number of hydrogen-bond donors (Lipinski definition) is 1. The van der Waals surface area contributed by atoms with Crippen LogP contribution in [0.25, 0.3) is 10.1 Å². The lowest BCUT2D eigenvalue weighted by Crippen LogP contribution is -2.55. The first-order valence-corrected chi connectivity index (χ1v) is 11.3. The topological polar surface area (TPSA) is 30.0 Å². The third-order valence-electron chi connectivity index (χ3n) is 7.05. The predicted molar refractivity (Wildman–Crippen MR) is 112 cm³/mol. The number of nitrogens with zero attached hydrogens (tertiary/aromatic N) is 3. The number of piperazine rings is 1. The maximum atomic E-state index is 10.8. The van der Waals surface area contributed by atoms with Crippen molar-refractivity contribution in [3.63, 3.8) is 0 Å². The first-order chi connectivity index (χ1) is 13.2. The number of hydrogen-bond acceptors (Lipinski definition) is 5. The number of rotatable bonds is 3. The quantitative estimate of drug-likeness (QED) is 0.880. The second-order valence-corrected chi connectivity index (χ2v) is 10.1. The highest BCUT2D eigenvalue weighted by Crippen LogP contribution is 2.39. The van der Waals surface area contributed by atoms with E-state index in [0.717, 1.165) is 51.6 Å². The highest BCUT2D eigenvalue weighted by Gasteiger charge is 2.43. The minimum Gasteiger partial charge on any atom is -0.391 e. The van der Waals surface area contributed by atoms with Crippen LogP contribution < -0.4 is 0 Å². The molecule has 3 aliphatic rings. The monoisotopic (exact) mass is 385 g/mol. The number of thiophene rings is 1. The molecule has 5 rings (SSSR count). The number of aliphatic hydroxyl groups is 1. The Morgan fingerprint density at radius 1 is 1.04 bits per heavy atom. The van der Waals surface area contributed by atoms with E-state index in [9.17, 15) is 5.11 Å². The molecule has 27 heavy (non-hydrogen) atoms. The van der Waals surface area contributed by atoms with Crippen molar-refractivity contribution >= 4 is 21.4 Å². The van der Waals surface area contributed by atoms with E-state index < -0.39 is 0 Å². The highest BCUT2D eigenvalue weighted by atomic mass is 32.1. The molecule has 1 aliphatic carbocycles. The Balaban J connectivity index is 1.23. The average Bonchev–Trinajstić information content (AvgIpc) is 3.24. The zero-order valence-corrected chi connectivity index (χ0v) is 17.1. The first kappa shape index (κ1) is 18.1. The van der Waals surface area contributed by atoms with Crippen LogP contribution >= 0.6 is 11.3 Å². The molecule has 5 heteroatoms. The van der Waals surface area contributed by atoms with Crippen molar-refractivity contribution in [3.05, 3.63) is 35.2 Å². The molecule has 4 atom stereocenters. The second kappa shape index (κ2) is 7.45. The smallest absolute Gasteiger partial charge is 0.0698 e. The third-order valence-corrected chi connectivity index (χ3v) is 8.15. The van der Waals surface area contributed by atoms with E-state index in [1.54, 1.807) is 0 Å². The summed E-state index contributed by atoms with van der Waals surface area (Å²) in [6.07, 6.45) is 2.03. The first-order valence-electron chi connectivity index (χ1n) is 10.5. The molecule has 2 aromatic rings. The SMILES string of the molecule is CN1CCN([C@@H]2C[C@@H]3CN(Cc4cc5ccccc5s4)C[C@@H]3C[C@H]2O)CC1. The molecule has 0 unspecified atom stereocenters. The molecule has 2 aliphatic heterocycles. The van der Waals surface area contributed by atoms with Crippen LogP contribution in [-0.4, -0.2) is 78.3 Å². The lowest BCUT2D eigenvalue weighted by atomic mass is 9.77. The van der Waals surface area contributed by atoms with Crippen LogP contribution in [0.1, 0.15) is 17.7 Å². The maximum absolute atomic E-state index is 10.8. The van der Waals surface area contributed by atoms with E-state index >= 15 is 0 Å². The summed E-state index contributed by atoms with van der Waals surface area (Å²) >= 11 is 1.94. The fraction of sp³-hybridized carbons (Fsp3) is 0.636. The van der Waals surface area contributed by atoms with Crippen molar-refractivity contribution in [2.75, 3.05) is 46.3 Å². The summed E-state index contributed by atoms with van der Waals surface area (Å²) in [5.74, 6) is 1.44. The summed E-state index contributed by atoms with van der Waals surface area (Å²) in [7, 11) is 2.20. The molecule has 3 fully saturated rings. The van der Waals surface area contributed by atoms with Crippen molar-refractivity contribution in [2.45, 2.75) is 31.5 Å². The van der Waals surface area contributed by atoms with Gasteiger partial charge in [0.05, 0.1) is 6.10 Å². The summed E-state index contributed by atoms with van der Waals surface area (Å²) in [6, 6.07) is 11.4. The number of likely N-dealkylation sites (tertiary alicyclic amines) is 1. The summed E-state index contributed by atoms with van der Waals surface area (Å²) in [5, 5.41) is 12.2. The minimum absolute atomic E-state index is 0.140. The highest BCUT2D eigenvalue weighted by molar-refractivity contribution is 7.19. The molecule has 0 bridgehead atoms. The largest absolute Gasteiger partial charge is 0.391 e. The lowest BCUT2D eigenvalue weighted by Gasteiger charge is -2.44. The van der Waals surface area contributed by atoms with Gasteiger partial charge in [0.1, 0.15) is 0 Å². The van der Waals surface area contributed by atoms with Gasteiger partial charge in [-0.15, -0.1) is 11.3 Å². The van der Waals surface area contributed by atoms with Gasteiger partial charge in [-0.3, -0.25) is 9.80 Å². The normalized spacial score (nSPS) is 33.6. The van der Waals surface area contributed by atoms with Gasteiger partial charge in [0.15, 0.2) is 0 Å². The van der Waals surface area contributed by atoms with E-state index in [-0.39, 0.29) is 6.10 Å². The lowest BCUT2D eigenvalue weighted by molar-refractivity contribution is -0.0249. The van der Waals surface area contributed by atoms with Gasteiger partial charge in [-0.25, -0.2) is 0 Å². The Morgan fingerprint density at radius 3 is 2.56 bits per heavy atom. The van der Waals surface area contributed by atoms with Crippen LogP contribution in [0.5, 0.6) is 0 Å². The van der Waals surface area contributed by atoms with Gasteiger partial charge in [0.2, 0.25) is 0 Å². The van der Waals surface area contributed by atoms with Crippen LogP contribution in [0, 0.1) is 11.8 Å². The fourth-order valence-corrected chi connectivity index (χ4v) is 6.62. The Morgan fingerprint density at radius 2 is 1.78 bits per heavy atom. The molecule has 146 valence electrons. The summed E-state index contributed by atoms with van der Waals surface area (Å²) in [5.41, 5.74) is 0. The van der Waals surface area contributed by atoms with Gasteiger partial charge in [0.25, 0.3) is 0 Å². The molecular weight excluding hydrogens is 354 g/mol.